The standard InChI is InChI=1S/C16H32N2O/c1-3-15(4-2)18(13-12-17)16(19)14-10-8-6-5-7-9-11-14/h14-15H,3-13,17H2,1-2H3. The first kappa shape index (κ1) is 16.5. The molecule has 1 amide bonds. The summed E-state index contributed by atoms with van der Waals surface area (Å²) in [5, 5.41) is 0. The zero-order valence-corrected chi connectivity index (χ0v) is 12.9. The van der Waals surface area contributed by atoms with E-state index >= 15 is 0 Å². The van der Waals surface area contributed by atoms with Gasteiger partial charge in [-0.05, 0) is 25.7 Å². The predicted molar refractivity (Wildman–Crippen MR) is 80.9 cm³/mol. The molecule has 19 heavy (non-hydrogen) atoms. The Morgan fingerprint density at radius 1 is 1.11 bits per heavy atom. The zero-order chi connectivity index (χ0) is 14.1. The minimum absolute atomic E-state index is 0.257. The average molecular weight is 268 g/mol. The maximum Gasteiger partial charge on any atom is 0.225 e. The molecule has 2 N–H and O–H groups in total. The SMILES string of the molecule is CCC(CC)N(CCN)C(=O)C1CCCCCCC1. The summed E-state index contributed by atoms with van der Waals surface area (Å²) in [6.45, 7) is 5.64. The third kappa shape index (κ3) is 5.13. The molecule has 0 saturated heterocycles. The lowest BCUT2D eigenvalue weighted by atomic mass is 9.89. The smallest absolute Gasteiger partial charge is 0.225 e. The Balaban J connectivity index is 2.67. The van der Waals surface area contributed by atoms with Crippen molar-refractivity contribution in [1.82, 2.24) is 4.90 Å². The van der Waals surface area contributed by atoms with Crippen molar-refractivity contribution in [3.8, 4) is 0 Å². The van der Waals surface area contributed by atoms with E-state index in [1.807, 2.05) is 0 Å². The van der Waals surface area contributed by atoms with Gasteiger partial charge in [0.25, 0.3) is 0 Å². The fourth-order valence-corrected chi connectivity index (χ4v) is 3.28. The second kappa shape index (κ2) is 9.35. The van der Waals surface area contributed by atoms with Crippen molar-refractivity contribution in [2.24, 2.45) is 11.7 Å². The van der Waals surface area contributed by atoms with E-state index in [1.165, 1.54) is 32.1 Å². The summed E-state index contributed by atoms with van der Waals surface area (Å²) in [7, 11) is 0. The monoisotopic (exact) mass is 268 g/mol. The summed E-state index contributed by atoms with van der Waals surface area (Å²) in [6, 6.07) is 0.376. The molecule has 3 nitrogen and oxygen atoms in total. The Morgan fingerprint density at radius 3 is 2.11 bits per heavy atom. The molecule has 1 fully saturated rings. The summed E-state index contributed by atoms with van der Waals surface area (Å²) >= 11 is 0. The van der Waals surface area contributed by atoms with Crippen molar-refractivity contribution in [2.45, 2.75) is 77.7 Å². The number of carbonyl (C=O) groups is 1. The molecule has 3 heteroatoms. The van der Waals surface area contributed by atoms with Crippen molar-refractivity contribution in [3.05, 3.63) is 0 Å². The summed E-state index contributed by atoms with van der Waals surface area (Å²) in [5.74, 6) is 0.633. The van der Waals surface area contributed by atoms with Crippen molar-refractivity contribution >= 4 is 5.91 Å². The van der Waals surface area contributed by atoms with Gasteiger partial charge in [-0.25, -0.2) is 0 Å². The van der Waals surface area contributed by atoms with Gasteiger partial charge >= 0.3 is 0 Å². The lowest BCUT2D eigenvalue weighted by molar-refractivity contribution is -0.138. The molecule has 0 spiro atoms. The van der Waals surface area contributed by atoms with Gasteiger partial charge in [0, 0.05) is 25.0 Å². The predicted octanol–water partition coefficient (Wildman–Crippen LogP) is 3.32. The molecule has 0 aromatic carbocycles. The topological polar surface area (TPSA) is 46.3 Å². The highest BCUT2D eigenvalue weighted by Crippen LogP contribution is 2.25. The highest BCUT2D eigenvalue weighted by atomic mass is 16.2. The first-order chi connectivity index (χ1) is 9.24. The molecule has 112 valence electrons. The van der Waals surface area contributed by atoms with Crippen LogP contribution in [0.1, 0.15) is 71.6 Å². The van der Waals surface area contributed by atoms with Gasteiger partial charge in [0.15, 0.2) is 0 Å². The minimum atomic E-state index is 0.257. The Hall–Kier alpha value is -0.570. The largest absolute Gasteiger partial charge is 0.338 e. The maximum atomic E-state index is 12.8. The van der Waals surface area contributed by atoms with Crippen molar-refractivity contribution < 1.29 is 4.79 Å². The number of carbonyl (C=O) groups excluding carboxylic acids is 1. The van der Waals surface area contributed by atoms with Gasteiger partial charge in [0.2, 0.25) is 5.91 Å². The van der Waals surface area contributed by atoms with E-state index in [0.717, 1.165) is 32.2 Å². The lowest BCUT2D eigenvalue weighted by Gasteiger charge is -2.34. The van der Waals surface area contributed by atoms with Crippen LogP contribution in [-0.4, -0.2) is 29.9 Å². The number of rotatable bonds is 6. The molecule has 0 atom stereocenters. The van der Waals surface area contributed by atoms with Crippen molar-refractivity contribution in [3.63, 3.8) is 0 Å². The number of nitrogens with zero attached hydrogens (tertiary/aromatic N) is 1. The maximum absolute atomic E-state index is 12.8. The van der Waals surface area contributed by atoms with Crippen LogP contribution in [0.25, 0.3) is 0 Å². The van der Waals surface area contributed by atoms with Crippen LogP contribution >= 0.6 is 0 Å². The summed E-state index contributed by atoms with van der Waals surface area (Å²) in [5.41, 5.74) is 5.71. The van der Waals surface area contributed by atoms with Crippen molar-refractivity contribution in [1.29, 1.82) is 0 Å². The Morgan fingerprint density at radius 2 is 1.63 bits per heavy atom. The van der Waals surface area contributed by atoms with Crippen LogP contribution in [-0.2, 0) is 4.79 Å². The lowest BCUT2D eigenvalue weighted by Crippen LogP contribution is -2.45. The van der Waals surface area contributed by atoms with Gasteiger partial charge in [-0.3, -0.25) is 4.79 Å². The molecule has 0 unspecified atom stereocenters. The molecule has 0 aromatic rings. The Labute approximate surface area is 118 Å². The molecule has 1 rings (SSSR count). The number of amides is 1. The highest BCUT2D eigenvalue weighted by Gasteiger charge is 2.27. The van der Waals surface area contributed by atoms with E-state index in [1.54, 1.807) is 0 Å². The van der Waals surface area contributed by atoms with Crippen LogP contribution in [0.2, 0.25) is 0 Å². The van der Waals surface area contributed by atoms with E-state index < -0.39 is 0 Å². The molecular formula is C16H32N2O. The van der Waals surface area contributed by atoms with Gasteiger partial charge in [-0.15, -0.1) is 0 Å². The van der Waals surface area contributed by atoms with Crippen LogP contribution in [0.15, 0.2) is 0 Å². The molecule has 0 heterocycles. The van der Waals surface area contributed by atoms with E-state index in [-0.39, 0.29) is 5.92 Å². The molecule has 1 saturated carbocycles. The summed E-state index contributed by atoms with van der Waals surface area (Å²) in [6.07, 6.45) is 10.6. The fourth-order valence-electron chi connectivity index (χ4n) is 3.28. The first-order valence-electron chi connectivity index (χ1n) is 8.25. The summed E-state index contributed by atoms with van der Waals surface area (Å²) in [4.78, 5) is 14.9. The molecule has 0 bridgehead atoms. The summed E-state index contributed by atoms with van der Waals surface area (Å²) < 4.78 is 0. The van der Waals surface area contributed by atoms with Crippen LogP contribution < -0.4 is 5.73 Å². The molecule has 0 radical (unpaired) electrons. The van der Waals surface area contributed by atoms with Crippen LogP contribution in [0.5, 0.6) is 0 Å². The van der Waals surface area contributed by atoms with Crippen LogP contribution in [0, 0.1) is 5.92 Å². The number of hydrogen-bond donors (Lipinski definition) is 1. The van der Waals surface area contributed by atoms with E-state index in [2.05, 4.69) is 18.7 Å². The van der Waals surface area contributed by atoms with E-state index in [0.29, 0.717) is 18.5 Å². The van der Waals surface area contributed by atoms with Gasteiger partial charge in [0.05, 0.1) is 0 Å². The molecule has 1 aliphatic carbocycles. The normalized spacial score (nSPS) is 18.1. The first-order valence-corrected chi connectivity index (χ1v) is 8.25. The number of hydrogen-bond acceptors (Lipinski definition) is 2. The molecular weight excluding hydrogens is 236 g/mol. The van der Waals surface area contributed by atoms with E-state index in [9.17, 15) is 4.79 Å². The zero-order valence-electron chi connectivity index (χ0n) is 12.9. The van der Waals surface area contributed by atoms with Gasteiger partial charge < -0.3 is 10.6 Å². The van der Waals surface area contributed by atoms with Gasteiger partial charge in [-0.1, -0.05) is 46.0 Å². The molecule has 1 aliphatic rings. The Bertz CT molecular complexity index is 243. The fraction of sp³-hybridized carbons (Fsp3) is 0.938. The minimum Gasteiger partial charge on any atom is -0.338 e. The van der Waals surface area contributed by atoms with Gasteiger partial charge in [0.1, 0.15) is 0 Å². The highest BCUT2D eigenvalue weighted by molar-refractivity contribution is 5.79. The van der Waals surface area contributed by atoms with Gasteiger partial charge in [-0.2, -0.15) is 0 Å². The van der Waals surface area contributed by atoms with Crippen LogP contribution in [0.3, 0.4) is 0 Å². The molecule has 0 aliphatic heterocycles. The number of nitrogens with two attached hydrogens (primary N) is 1. The van der Waals surface area contributed by atoms with Crippen LogP contribution in [0.4, 0.5) is 0 Å². The Kier molecular flexibility index (Phi) is 8.11. The second-order valence-electron chi connectivity index (χ2n) is 5.83. The molecule has 0 aromatic heterocycles. The third-order valence-corrected chi connectivity index (χ3v) is 4.49. The third-order valence-electron chi connectivity index (χ3n) is 4.49. The second-order valence-corrected chi connectivity index (χ2v) is 5.83. The van der Waals surface area contributed by atoms with Crippen molar-refractivity contribution in [2.75, 3.05) is 13.1 Å². The van der Waals surface area contributed by atoms with E-state index in [4.69, 9.17) is 5.73 Å². The average Bonchev–Trinajstić information content (AvgIpc) is 2.38. The quantitative estimate of drug-likeness (QED) is 0.803.